The normalized spacial score (nSPS) is 13.9. The van der Waals surface area contributed by atoms with Crippen LogP contribution in [0.4, 0.5) is 0 Å². The molecule has 36 heavy (non-hydrogen) atoms. The van der Waals surface area contributed by atoms with E-state index in [0.717, 1.165) is 16.7 Å². The molecule has 0 fully saturated rings. The minimum atomic E-state index is -0.794. The number of aryl methyl sites for hydroxylation is 1. The van der Waals surface area contributed by atoms with Crippen LogP contribution in [-0.2, 0) is 41.4 Å². The number of aromatic hydroxyl groups is 1. The zero-order valence-corrected chi connectivity index (χ0v) is 24.8. The summed E-state index contributed by atoms with van der Waals surface area (Å²) in [5, 5.41) is 10.9. The van der Waals surface area contributed by atoms with Gasteiger partial charge in [-0.2, -0.15) is 4.89 Å². The predicted octanol–water partition coefficient (Wildman–Crippen LogP) is 7.32. The third-order valence-electron chi connectivity index (χ3n) is 5.95. The van der Waals surface area contributed by atoms with E-state index < -0.39 is 17.7 Å². The summed E-state index contributed by atoms with van der Waals surface area (Å²) in [5.74, 6) is -0.375. The van der Waals surface area contributed by atoms with E-state index in [4.69, 9.17) is 14.5 Å². The van der Waals surface area contributed by atoms with Crippen molar-refractivity contribution in [3.05, 3.63) is 28.8 Å². The Morgan fingerprint density at radius 2 is 1.33 bits per heavy atom. The summed E-state index contributed by atoms with van der Waals surface area (Å²) in [4.78, 5) is 34.9. The van der Waals surface area contributed by atoms with Crippen molar-refractivity contribution in [2.45, 2.75) is 138 Å². The van der Waals surface area contributed by atoms with E-state index in [-0.39, 0.29) is 35.1 Å². The van der Waals surface area contributed by atoms with Crippen molar-refractivity contribution in [2.75, 3.05) is 0 Å². The minimum Gasteiger partial charge on any atom is -0.507 e. The average Bonchev–Trinajstić information content (AvgIpc) is 2.67. The van der Waals surface area contributed by atoms with Gasteiger partial charge in [-0.05, 0) is 66.5 Å². The van der Waals surface area contributed by atoms with Gasteiger partial charge >= 0.3 is 11.9 Å². The molecule has 0 aliphatic carbocycles. The fraction of sp³-hybridized carbons (Fsp3) is 0.733. The third kappa shape index (κ3) is 11.3. The Morgan fingerprint density at radius 3 is 1.78 bits per heavy atom. The SMILES string of the molecule is CC(CC(C)(C)OOC(=O)CCC(C)(C)C)OC(=O)CCc1cc(C(C)(C)C)c(O)c(C(C)(C)C)c1. The zero-order valence-electron chi connectivity index (χ0n) is 24.8. The van der Waals surface area contributed by atoms with Crippen LogP contribution in [0.15, 0.2) is 12.1 Å². The molecule has 0 aliphatic rings. The highest BCUT2D eigenvalue weighted by atomic mass is 17.2. The van der Waals surface area contributed by atoms with Gasteiger partial charge in [0.15, 0.2) is 0 Å². The van der Waals surface area contributed by atoms with Crippen LogP contribution in [0.5, 0.6) is 5.75 Å². The Kier molecular flexibility index (Phi) is 10.6. The van der Waals surface area contributed by atoms with Gasteiger partial charge in [0.2, 0.25) is 0 Å². The van der Waals surface area contributed by atoms with Crippen LogP contribution in [0, 0.1) is 5.41 Å². The number of ether oxygens (including phenoxy) is 1. The number of carbonyl (C=O) groups is 2. The van der Waals surface area contributed by atoms with Crippen LogP contribution in [0.1, 0.15) is 125 Å². The molecule has 0 spiro atoms. The van der Waals surface area contributed by atoms with E-state index in [2.05, 4.69) is 62.3 Å². The van der Waals surface area contributed by atoms with Gasteiger partial charge in [0, 0.05) is 19.3 Å². The molecule has 0 aliphatic heterocycles. The maximum atomic E-state index is 12.6. The van der Waals surface area contributed by atoms with Gasteiger partial charge in [0.05, 0.1) is 0 Å². The first-order chi connectivity index (χ1) is 16.1. The van der Waals surface area contributed by atoms with Gasteiger partial charge in [0.1, 0.15) is 17.5 Å². The quantitative estimate of drug-likeness (QED) is 0.203. The van der Waals surface area contributed by atoms with Crippen molar-refractivity contribution in [1.82, 2.24) is 0 Å². The Labute approximate surface area is 219 Å². The van der Waals surface area contributed by atoms with Crippen LogP contribution < -0.4 is 0 Å². The third-order valence-corrected chi connectivity index (χ3v) is 5.95. The minimum absolute atomic E-state index is 0.0417. The second-order valence-electron chi connectivity index (χ2n) is 13.9. The molecule has 0 aromatic heterocycles. The molecular formula is C30H50O6. The van der Waals surface area contributed by atoms with Crippen LogP contribution in [-0.4, -0.2) is 28.8 Å². The molecule has 1 aromatic rings. The number of benzene rings is 1. The number of phenols is 1. The maximum Gasteiger partial charge on any atom is 0.342 e. The van der Waals surface area contributed by atoms with Crippen LogP contribution in [0.25, 0.3) is 0 Å². The Bertz CT molecular complexity index is 858. The number of hydrogen-bond acceptors (Lipinski definition) is 6. The molecule has 0 heterocycles. The fourth-order valence-electron chi connectivity index (χ4n) is 3.96. The van der Waals surface area contributed by atoms with Crippen molar-refractivity contribution in [1.29, 1.82) is 0 Å². The summed E-state index contributed by atoms with van der Waals surface area (Å²) < 4.78 is 5.62. The van der Waals surface area contributed by atoms with E-state index in [1.54, 1.807) is 20.8 Å². The highest BCUT2D eigenvalue weighted by Crippen LogP contribution is 2.40. The fourth-order valence-corrected chi connectivity index (χ4v) is 3.96. The van der Waals surface area contributed by atoms with E-state index in [1.165, 1.54) is 0 Å². The van der Waals surface area contributed by atoms with Gasteiger partial charge in [-0.15, -0.1) is 0 Å². The topological polar surface area (TPSA) is 82.1 Å². The van der Waals surface area contributed by atoms with Crippen LogP contribution >= 0.6 is 0 Å². The Hall–Kier alpha value is -2.08. The first kappa shape index (κ1) is 31.9. The molecule has 6 heteroatoms. The van der Waals surface area contributed by atoms with Gasteiger partial charge < -0.3 is 9.84 Å². The van der Waals surface area contributed by atoms with Gasteiger partial charge in [-0.3, -0.25) is 9.68 Å². The Balaban J connectivity index is 2.70. The number of phenolic OH excluding ortho intramolecular Hbond substituents is 1. The molecule has 0 amide bonds. The molecule has 1 unspecified atom stereocenters. The molecule has 1 atom stereocenters. The van der Waals surface area contributed by atoms with E-state index >= 15 is 0 Å². The molecule has 1 aromatic carbocycles. The van der Waals surface area contributed by atoms with Gasteiger partial charge in [-0.1, -0.05) is 74.4 Å². The van der Waals surface area contributed by atoms with E-state index in [9.17, 15) is 14.7 Å². The lowest BCUT2D eigenvalue weighted by molar-refractivity contribution is -0.329. The van der Waals surface area contributed by atoms with Crippen molar-refractivity contribution in [3.63, 3.8) is 0 Å². The number of rotatable bonds is 10. The van der Waals surface area contributed by atoms with Crippen molar-refractivity contribution in [3.8, 4) is 5.75 Å². The average molecular weight is 507 g/mol. The molecule has 1 rings (SSSR count). The highest BCUT2D eigenvalue weighted by molar-refractivity contribution is 5.70. The zero-order chi connectivity index (χ0) is 28.1. The number of carbonyl (C=O) groups excluding carboxylic acids is 2. The lowest BCUT2D eigenvalue weighted by atomic mass is 9.78. The molecule has 206 valence electrons. The first-order valence-corrected chi connectivity index (χ1v) is 13.1. The molecule has 0 radical (unpaired) electrons. The molecule has 0 saturated carbocycles. The van der Waals surface area contributed by atoms with Crippen LogP contribution in [0.3, 0.4) is 0 Å². The molecule has 1 N–H and O–H groups in total. The summed E-state index contributed by atoms with van der Waals surface area (Å²) >= 11 is 0. The lowest BCUT2D eigenvalue weighted by Gasteiger charge is -2.28. The van der Waals surface area contributed by atoms with Crippen molar-refractivity contribution < 1.29 is 29.2 Å². The smallest absolute Gasteiger partial charge is 0.342 e. The summed E-state index contributed by atoms with van der Waals surface area (Å²) in [5.41, 5.74) is 1.55. The van der Waals surface area contributed by atoms with Crippen molar-refractivity contribution in [2.24, 2.45) is 5.41 Å². The summed E-state index contributed by atoms with van der Waals surface area (Å²) in [6.45, 7) is 24.0. The second-order valence-corrected chi connectivity index (χ2v) is 13.9. The Morgan fingerprint density at radius 1 is 0.833 bits per heavy atom. The number of hydrogen-bond donors (Lipinski definition) is 1. The van der Waals surface area contributed by atoms with Gasteiger partial charge in [0.25, 0.3) is 0 Å². The van der Waals surface area contributed by atoms with Gasteiger partial charge in [-0.25, -0.2) is 4.79 Å². The molecule has 6 nitrogen and oxygen atoms in total. The standard InChI is InChI=1S/C30H50O6/c1-20(19-30(11,12)36-35-25(32)15-16-27(2,3)4)34-24(31)14-13-21-17-22(28(5,6)7)26(33)23(18-21)29(8,9)10/h17-18,20,33H,13-16,19H2,1-12H3. The van der Waals surface area contributed by atoms with Crippen molar-refractivity contribution >= 4 is 11.9 Å². The maximum absolute atomic E-state index is 12.6. The molecular weight excluding hydrogens is 456 g/mol. The highest BCUT2D eigenvalue weighted by Gasteiger charge is 2.29. The molecule has 0 bridgehead atoms. The first-order valence-electron chi connectivity index (χ1n) is 13.1. The monoisotopic (exact) mass is 506 g/mol. The lowest BCUT2D eigenvalue weighted by Crippen LogP contribution is -2.32. The van der Waals surface area contributed by atoms with E-state index in [0.29, 0.717) is 25.0 Å². The summed E-state index contributed by atoms with van der Waals surface area (Å²) in [7, 11) is 0. The van der Waals surface area contributed by atoms with Crippen LogP contribution in [0.2, 0.25) is 0 Å². The summed E-state index contributed by atoms with van der Waals surface area (Å²) in [6, 6.07) is 3.98. The summed E-state index contributed by atoms with van der Waals surface area (Å²) in [6.07, 6.45) is 1.71. The molecule has 0 saturated heterocycles. The van der Waals surface area contributed by atoms with E-state index in [1.807, 2.05) is 12.1 Å². The predicted molar refractivity (Wildman–Crippen MR) is 144 cm³/mol. The number of esters is 1. The second kappa shape index (κ2) is 12.0. The largest absolute Gasteiger partial charge is 0.507 e.